The van der Waals surface area contributed by atoms with E-state index in [1.54, 1.807) is 11.0 Å². The van der Waals surface area contributed by atoms with Gasteiger partial charge in [-0.15, -0.1) is 0 Å². The van der Waals surface area contributed by atoms with E-state index in [1.165, 1.54) is 6.07 Å². The number of hydrogen-bond donors (Lipinski definition) is 3. The number of aromatic amines is 1. The first-order chi connectivity index (χ1) is 9.99. The van der Waals surface area contributed by atoms with Gasteiger partial charge in [-0.1, -0.05) is 6.92 Å². The van der Waals surface area contributed by atoms with Crippen molar-refractivity contribution in [2.75, 3.05) is 17.2 Å². The predicted molar refractivity (Wildman–Crippen MR) is 75.8 cm³/mol. The van der Waals surface area contributed by atoms with Crippen molar-refractivity contribution < 1.29 is 14.0 Å². The molecule has 8 heteroatoms. The smallest absolute Gasteiger partial charge is 0.408 e. The zero-order valence-corrected chi connectivity index (χ0v) is 11.3. The lowest BCUT2D eigenvalue weighted by molar-refractivity contribution is -0.132. The van der Waals surface area contributed by atoms with Gasteiger partial charge >= 0.3 is 5.76 Å². The summed E-state index contributed by atoms with van der Waals surface area (Å²) in [7, 11) is 0. The Labute approximate surface area is 118 Å². The Morgan fingerprint density at radius 3 is 2.86 bits per heavy atom. The molecule has 0 spiro atoms. The van der Waals surface area contributed by atoms with Crippen molar-refractivity contribution in [3.05, 3.63) is 22.7 Å². The molecule has 4 N–H and O–H groups in total. The summed E-state index contributed by atoms with van der Waals surface area (Å²) >= 11 is 0. The van der Waals surface area contributed by atoms with Gasteiger partial charge in [-0.25, -0.2) is 4.79 Å². The Hall–Kier alpha value is -2.77. The number of amides is 2. The molecule has 1 aromatic carbocycles. The fraction of sp³-hybridized carbons (Fsp3) is 0.308. The van der Waals surface area contributed by atoms with Gasteiger partial charge in [0.25, 0.3) is 0 Å². The summed E-state index contributed by atoms with van der Waals surface area (Å²) < 4.78 is 4.93. The third-order valence-corrected chi connectivity index (χ3v) is 3.52. The maximum atomic E-state index is 11.9. The SMILES string of the molecule is CCC1C(=O)NC(=O)CN1c1cc2[nH]c(=O)oc2cc1N. The van der Waals surface area contributed by atoms with E-state index in [2.05, 4.69) is 10.3 Å². The average molecular weight is 290 g/mol. The van der Waals surface area contributed by atoms with Crippen LogP contribution in [0.1, 0.15) is 13.3 Å². The lowest BCUT2D eigenvalue weighted by Crippen LogP contribution is -2.58. The highest BCUT2D eigenvalue weighted by atomic mass is 16.4. The molecule has 110 valence electrons. The number of carbonyl (C=O) groups is 2. The Morgan fingerprint density at radius 1 is 1.38 bits per heavy atom. The second-order valence-corrected chi connectivity index (χ2v) is 4.89. The number of nitrogen functional groups attached to an aromatic ring is 1. The van der Waals surface area contributed by atoms with Gasteiger partial charge in [-0.05, 0) is 12.5 Å². The first-order valence-electron chi connectivity index (χ1n) is 6.52. The van der Waals surface area contributed by atoms with Crippen molar-refractivity contribution in [1.82, 2.24) is 10.3 Å². The summed E-state index contributed by atoms with van der Waals surface area (Å²) in [4.78, 5) is 38.9. The monoisotopic (exact) mass is 290 g/mol. The molecular weight excluding hydrogens is 276 g/mol. The Balaban J connectivity index is 2.12. The first kappa shape index (κ1) is 13.2. The molecule has 1 aromatic heterocycles. The van der Waals surface area contributed by atoms with Crippen LogP contribution in [0.3, 0.4) is 0 Å². The lowest BCUT2D eigenvalue weighted by Gasteiger charge is -2.35. The highest BCUT2D eigenvalue weighted by molar-refractivity contribution is 6.05. The first-order valence-corrected chi connectivity index (χ1v) is 6.52. The zero-order valence-electron chi connectivity index (χ0n) is 11.3. The molecule has 3 rings (SSSR count). The van der Waals surface area contributed by atoms with Gasteiger partial charge < -0.3 is 15.1 Å². The highest BCUT2D eigenvalue weighted by Gasteiger charge is 2.33. The second-order valence-electron chi connectivity index (χ2n) is 4.89. The molecule has 0 radical (unpaired) electrons. The predicted octanol–water partition coefficient (Wildman–Crippen LogP) is -0.0553. The molecule has 21 heavy (non-hydrogen) atoms. The Morgan fingerprint density at radius 2 is 2.14 bits per heavy atom. The molecule has 1 aliphatic rings. The molecule has 1 saturated heterocycles. The molecule has 8 nitrogen and oxygen atoms in total. The summed E-state index contributed by atoms with van der Waals surface area (Å²) in [5.41, 5.74) is 7.64. The molecule has 2 aromatic rings. The number of benzene rings is 1. The Bertz CT molecular complexity index is 791. The molecular formula is C13H14N4O4. The van der Waals surface area contributed by atoms with Crippen LogP contribution in [0.5, 0.6) is 0 Å². The van der Waals surface area contributed by atoms with Crippen LogP contribution in [0.25, 0.3) is 11.1 Å². The average Bonchev–Trinajstić information content (AvgIpc) is 2.76. The molecule has 1 unspecified atom stereocenters. The number of carbonyl (C=O) groups excluding carboxylic acids is 2. The summed E-state index contributed by atoms with van der Waals surface area (Å²) in [5.74, 6) is -1.32. The van der Waals surface area contributed by atoms with Crippen LogP contribution < -0.4 is 21.7 Å². The number of piperazine rings is 1. The van der Waals surface area contributed by atoms with Crippen molar-refractivity contribution in [2.24, 2.45) is 0 Å². The highest BCUT2D eigenvalue weighted by Crippen LogP contribution is 2.30. The minimum atomic E-state index is -0.582. The number of nitrogens with zero attached hydrogens (tertiary/aromatic N) is 1. The van der Waals surface area contributed by atoms with Gasteiger partial charge in [0.2, 0.25) is 11.8 Å². The third kappa shape index (κ3) is 2.14. The van der Waals surface area contributed by atoms with E-state index < -0.39 is 11.8 Å². The number of imide groups is 1. The van der Waals surface area contributed by atoms with Crippen molar-refractivity contribution in [2.45, 2.75) is 19.4 Å². The number of fused-ring (bicyclic) bond motifs is 1. The maximum Gasteiger partial charge on any atom is 0.417 e. The van der Waals surface area contributed by atoms with Crippen LogP contribution in [-0.2, 0) is 9.59 Å². The van der Waals surface area contributed by atoms with Crippen molar-refractivity contribution in [3.63, 3.8) is 0 Å². The van der Waals surface area contributed by atoms with Gasteiger partial charge in [-0.3, -0.25) is 19.9 Å². The number of rotatable bonds is 2. The maximum absolute atomic E-state index is 11.9. The molecule has 2 amide bonds. The van der Waals surface area contributed by atoms with E-state index in [4.69, 9.17) is 10.2 Å². The van der Waals surface area contributed by atoms with Gasteiger partial charge in [0.15, 0.2) is 5.58 Å². The number of nitrogens with one attached hydrogen (secondary N) is 2. The topological polar surface area (TPSA) is 121 Å². The van der Waals surface area contributed by atoms with Crippen LogP contribution in [0.2, 0.25) is 0 Å². The standard InChI is InChI=1S/C13H14N4O4/c1-2-8-12(19)16-11(18)5-17(8)9-4-7-10(3-6(9)14)21-13(20)15-7/h3-4,8H,2,5,14H2,1H3,(H,15,20)(H,16,18,19). The number of nitrogens with two attached hydrogens (primary N) is 1. The Kier molecular flexibility index (Phi) is 2.93. The number of oxazole rings is 1. The van der Waals surface area contributed by atoms with Crippen molar-refractivity contribution in [3.8, 4) is 0 Å². The fourth-order valence-electron chi connectivity index (χ4n) is 2.58. The van der Waals surface area contributed by atoms with E-state index >= 15 is 0 Å². The number of hydrogen-bond acceptors (Lipinski definition) is 6. The molecule has 1 atom stereocenters. The number of H-pyrrole nitrogens is 1. The van der Waals surface area contributed by atoms with E-state index in [0.29, 0.717) is 28.9 Å². The van der Waals surface area contributed by atoms with Gasteiger partial charge in [0.1, 0.15) is 6.04 Å². The van der Waals surface area contributed by atoms with E-state index in [1.807, 2.05) is 6.92 Å². The van der Waals surface area contributed by atoms with Gasteiger partial charge in [0, 0.05) is 6.07 Å². The number of anilines is 2. The third-order valence-electron chi connectivity index (χ3n) is 3.52. The molecule has 1 aliphatic heterocycles. The van der Waals surface area contributed by atoms with Crippen LogP contribution >= 0.6 is 0 Å². The molecule has 2 heterocycles. The molecule has 1 fully saturated rings. The van der Waals surface area contributed by atoms with E-state index in [9.17, 15) is 14.4 Å². The normalized spacial score (nSPS) is 19.1. The van der Waals surface area contributed by atoms with Crippen LogP contribution in [0.4, 0.5) is 11.4 Å². The second kappa shape index (κ2) is 4.65. The minimum Gasteiger partial charge on any atom is -0.408 e. The fourth-order valence-corrected chi connectivity index (χ4v) is 2.58. The summed E-state index contributed by atoms with van der Waals surface area (Å²) in [6.45, 7) is 1.88. The van der Waals surface area contributed by atoms with Crippen molar-refractivity contribution >= 4 is 34.3 Å². The molecule has 0 aliphatic carbocycles. The van der Waals surface area contributed by atoms with Gasteiger partial charge in [0.05, 0.1) is 23.4 Å². The van der Waals surface area contributed by atoms with Crippen LogP contribution in [-0.4, -0.2) is 29.4 Å². The van der Waals surface area contributed by atoms with E-state index in [0.717, 1.165) is 0 Å². The lowest BCUT2D eigenvalue weighted by atomic mass is 10.1. The van der Waals surface area contributed by atoms with Gasteiger partial charge in [-0.2, -0.15) is 0 Å². The zero-order chi connectivity index (χ0) is 15.1. The van der Waals surface area contributed by atoms with Crippen LogP contribution in [0, 0.1) is 0 Å². The number of aromatic nitrogens is 1. The summed E-state index contributed by atoms with van der Waals surface area (Å²) in [6, 6.07) is 2.64. The largest absolute Gasteiger partial charge is 0.417 e. The van der Waals surface area contributed by atoms with Crippen LogP contribution in [0.15, 0.2) is 21.3 Å². The molecule has 0 bridgehead atoms. The summed E-state index contributed by atoms with van der Waals surface area (Å²) in [6.07, 6.45) is 0.526. The molecule has 0 saturated carbocycles. The minimum absolute atomic E-state index is 0.0298. The van der Waals surface area contributed by atoms with Crippen molar-refractivity contribution in [1.29, 1.82) is 0 Å². The summed E-state index contributed by atoms with van der Waals surface area (Å²) in [5, 5.41) is 2.30. The quantitative estimate of drug-likeness (QED) is 0.526. The van der Waals surface area contributed by atoms with E-state index in [-0.39, 0.29) is 18.4 Å².